The average molecular weight is 431 g/mol. The maximum atomic E-state index is 11.9. The van der Waals surface area contributed by atoms with Crippen LogP contribution in [0.5, 0.6) is 5.75 Å². The van der Waals surface area contributed by atoms with Crippen molar-refractivity contribution in [2.45, 2.75) is 20.0 Å². The highest BCUT2D eigenvalue weighted by molar-refractivity contribution is 5.93. The predicted octanol–water partition coefficient (Wildman–Crippen LogP) is 3.65. The molecule has 0 aliphatic heterocycles. The summed E-state index contributed by atoms with van der Waals surface area (Å²) < 4.78 is 13.4. The molecule has 0 saturated heterocycles. The van der Waals surface area contributed by atoms with Crippen molar-refractivity contribution in [2.24, 2.45) is 7.05 Å². The number of amides is 1. The minimum atomic E-state index is -0.0766. The molecule has 32 heavy (non-hydrogen) atoms. The molecule has 0 saturated carbocycles. The largest absolute Gasteiger partial charge is 0.487 e. The number of hydrogen-bond acceptors (Lipinski definition) is 6. The van der Waals surface area contributed by atoms with Gasteiger partial charge in [0.15, 0.2) is 5.89 Å². The third-order valence-corrected chi connectivity index (χ3v) is 4.95. The van der Waals surface area contributed by atoms with E-state index >= 15 is 0 Å². The predicted molar refractivity (Wildman–Crippen MR) is 119 cm³/mol. The number of oxazole rings is 1. The monoisotopic (exact) mass is 431 g/mol. The highest BCUT2D eigenvalue weighted by Crippen LogP contribution is 2.26. The second-order valence-electron chi connectivity index (χ2n) is 7.76. The van der Waals surface area contributed by atoms with Crippen LogP contribution in [0.3, 0.4) is 0 Å². The van der Waals surface area contributed by atoms with E-state index in [1.165, 1.54) is 4.90 Å². The molecule has 1 aromatic carbocycles. The van der Waals surface area contributed by atoms with Crippen molar-refractivity contribution >= 4 is 5.91 Å². The lowest BCUT2D eigenvalue weighted by Crippen LogP contribution is -2.21. The summed E-state index contributed by atoms with van der Waals surface area (Å²) in [4.78, 5) is 22.4. The number of benzene rings is 1. The number of rotatable bonds is 7. The molecule has 4 rings (SSSR count). The zero-order chi connectivity index (χ0) is 22.7. The van der Waals surface area contributed by atoms with Crippen molar-refractivity contribution in [3.05, 3.63) is 83.5 Å². The van der Waals surface area contributed by atoms with E-state index in [-0.39, 0.29) is 5.91 Å². The molecule has 4 aromatic rings. The standard InChI is InChI=1S/C24H25N5O3/c1-16-23(27-22(32-16)11-17-12-26-29(4)14-17)18-6-9-21(10-7-18)31-15-20-8-5-19(13-25-20)24(30)28(2)3/h5-10,12-14H,11,15H2,1-4H3. The number of aryl methyl sites for hydroxylation is 2. The Morgan fingerprint density at radius 1 is 1.12 bits per heavy atom. The van der Waals surface area contributed by atoms with Crippen molar-refractivity contribution < 1.29 is 13.9 Å². The molecule has 0 bridgehead atoms. The lowest BCUT2D eigenvalue weighted by atomic mass is 10.1. The minimum absolute atomic E-state index is 0.0766. The SMILES string of the molecule is Cc1oc(Cc2cnn(C)c2)nc1-c1ccc(OCc2ccc(C(=O)N(C)C)cn2)cc1. The van der Waals surface area contributed by atoms with E-state index in [1.54, 1.807) is 37.1 Å². The summed E-state index contributed by atoms with van der Waals surface area (Å²) in [5, 5.41) is 4.18. The zero-order valence-electron chi connectivity index (χ0n) is 18.6. The van der Waals surface area contributed by atoms with Gasteiger partial charge >= 0.3 is 0 Å². The second kappa shape index (κ2) is 9.05. The van der Waals surface area contributed by atoms with E-state index in [0.29, 0.717) is 24.5 Å². The fourth-order valence-corrected chi connectivity index (χ4v) is 3.29. The molecular formula is C24H25N5O3. The molecule has 0 atom stereocenters. The zero-order valence-corrected chi connectivity index (χ0v) is 18.6. The Balaban J connectivity index is 1.38. The number of carbonyl (C=O) groups is 1. The van der Waals surface area contributed by atoms with Gasteiger partial charge in [-0.05, 0) is 48.9 Å². The Morgan fingerprint density at radius 3 is 2.53 bits per heavy atom. The van der Waals surface area contributed by atoms with E-state index in [1.807, 2.05) is 50.6 Å². The molecule has 3 heterocycles. The van der Waals surface area contributed by atoms with Crippen LogP contribution in [0.4, 0.5) is 0 Å². The van der Waals surface area contributed by atoms with Gasteiger partial charge in [0.1, 0.15) is 23.8 Å². The second-order valence-corrected chi connectivity index (χ2v) is 7.76. The van der Waals surface area contributed by atoms with Crippen LogP contribution < -0.4 is 4.74 Å². The molecule has 1 amide bonds. The number of nitrogens with zero attached hydrogens (tertiary/aromatic N) is 5. The van der Waals surface area contributed by atoms with Crippen LogP contribution in [-0.2, 0) is 20.1 Å². The molecule has 0 aliphatic carbocycles. The Bertz CT molecular complexity index is 1210. The Morgan fingerprint density at radius 2 is 1.91 bits per heavy atom. The maximum Gasteiger partial charge on any atom is 0.254 e. The number of carbonyl (C=O) groups excluding carboxylic acids is 1. The molecule has 8 heteroatoms. The summed E-state index contributed by atoms with van der Waals surface area (Å²) in [7, 11) is 5.31. The smallest absolute Gasteiger partial charge is 0.254 e. The number of ether oxygens (including phenoxy) is 1. The fourth-order valence-electron chi connectivity index (χ4n) is 3.29. The van der Waals surface area contributed by atoms with Gasteiger partial charge in [-0.2, -0.15) is 5.10 Å². The van der Waals surface area contributed by atoms with Crippen LogP contribution in [0.2, 0.25) is 0 Å². The number of aromatic nitrogens is 4. The summed E-state index contributed by atoms with van der Waals surface area (Å²) >= 11 is 0. The summed E-state index contributed by atoms with van der Waals surface area (Å²) in [6.45, 7) is 2.23. The molecule has 0 fully saturated rings. The fraction of sp³-hybridized carbons (Fsp3) is 0.250. The van der Waals surface area contributed by atoms with Gasteiger partial charge in [0.2, 0.25) is 0 Å². The van der Waals surface area contributed by atoms with Crippen LogP contribution in [-0.4, -0.2) is 44.7 Å². The summed E-state index contributed by atoms with van der Waals surface area (Å²) in [6.07, 6.45) is 5.93. The van der Waals surface area contributed by atoms with E-state index in [4.69, 9.17) is 9.15 Å². The van der Waals surface area contributed by atoms with Crippen molar-refractivity contribution in [3.63, 3.8) is 0 Å². The van der Waals surface area contributed by atoms with Crippen LogP contribution in [0, 0.1) is 6.92 Å². The van der Waals surface area contributed by atoms with Gasteiger partial charge in [0.25, 0.3) is 5.91 Å². The maximum absolute atomic E-state index is 11.9. The molecule has 8 nitrogen and oxygen atoms in total. The van der Waals surface area contributed by atoms with Crippen LogP contribution in [0.25, 0.3) is 11.3 Å². The summed E-state index contributed by atoms with van der Waals surface area (Å²) in [6, 6.07) is 11.3. The first-order valence-electron chi connectivity index (χ1n) is 10.2. The normalized spacial score (nSPS) is 10.9. The first kappa shape index (κ1) is 21.3. The van der Waals surface area contributed by atoms with Crippen LogP contribution in [0.1, 0.15) is 33.3 Å². The van der Waals surface area contributed by atoms with Crippen molar-refractivity contribution in [1.82, 2.24) is 24.6 Å². The molecule has 0 unspecified atom stereocenters. The number of pyridine rings is 1. The van der Waals surface area contributed by atoms with E-state index in [2.05, 4.69) is 15.1 Å². The molecule has 0 N–H and O–H groups in total. The van der Waals surface area contributed by atoms with Gasteiger partial charge in [-0.15, -0.1) is 0 Å². The van der Waals surface area contributed by atoms with Gasteiger partial charge in [-0.3, -0.25) is 14.5 Å². The first-order valence-corrected chi connectivity index (χ1v) is 10.2. The van der Waals surface area contributed by atoms with Gasteiger partial charge in [0, 0.05) is 39.1 Å². The molecule has 0 radical (unpaired) electrons. The highest BCUT2D eigenvalue weighted by Gasteiger charge is 2.13. The van der Waals surface area contributed by atoms with Gasteiger partial charge in [-0.25, -0.2) is 4.98 Å². The summed E-state index contributed by atoms with van der Waals surface area (Å²) in [5.74, 6) is 2.08. The van der Waals surface area contributed by atoms with Gasteiger partial charge in [-0.1, -0.05) is 0 Å². The lowest BCUT2D eigenvalue weighted by molar-refractivity contribution is 0.0827. The van der Waals surface area contributed by atoms with E-state index in [9.17, 15) is 4.79 Å². The quantitative estimate of drug-likeness (QED) is 0.444. The Hall–Kier alpha value is -3.94. The average Bonchev–Trinajstić information content (AvgIpc) is 3.37. The first-order chi connectivity index (χ1) is 15.4. The Labute approximate surface area is 186 Å². The third kappa shape index (κ3) is 4.85. The minimum Gasteiger partial charge on any atom is -0.487 e. The molecule has 3 aromatic heterocycles. The number of hydrogen-bond donors (Lipinski definition) is 0. The Kier molecular flexibility index (Phi) is 6.02. The summed E-state index contributed by atoms with van der Waals surface area (Å²) in [5.41, 5.74) is 4.13. The lowest BCUT2D eigenvalue weighted by Gasteiger charge is -2.10. The molecular weight excluding hydrogens is 406 g/mol. The van der Waals surface area contributed by atoms with Crippen molar-refractivity contribution in [3.8, 4) is 17.0 Å². The highest BCUT2D eigenvalue weighted by atomic mass is 16.5. The van der Waals surface area contributed by atoms with Crippen LogP contribution in [0.15, 0.2) is 59.4 Å². The van der Waals surface area contributed by atoms with Gasteiger partial charge in [0.05, 0.1) is 23.9 Å². The van der Waals surface area contributed by atoms with Gasteiger partial charge < -0.3 is 14.1 Å². The molecule has 0 aliphatic rings. The molecule has 164 valence electrons. The van der Waals surface area contributed by atoms with E-state index in [0.717, 1.165) is 34.0 Å². The van der Waals surface area contributed by atoms with Crippen molar-refractivity contribution in [2.75, 3.05) is 14.1 Å². The van der Waals surface area contributed by atoms with Crippen molar-refractivity contribution in [1.29, 1.82) is 0 Å². The topological polar surface area (TPSA) is 86.3 Å². The molecule has 0 spiro atoms. The van der Waals surface area contributed by atoms with E-state index < -0.39 is 0 Å². The third-order valence-electron chi connectivity index (χ3n) is 4.95. The van der Waals surface area contributed by atoms with Crippen LogP contribution >= 0.6 is 0 Å².